The zero-order valence-electron chi connectivity index (χ0n) is 30.8. The van der Waals surface area contributed by atoms with Crippen LogP contribution in [0.15, 0.2) is 36.4 Å². The molecule has 1 aromatic heterocycles. The number of piperazine rings is 1. The van der Waals surface area contributed by atoms with Crippen LogP contribution in [-0.2, 0) is 11.3 Å². The molecular weight excluding hydrogens is 692 g/mol. The molecule has 1 amide bonds. The fourth-order valence-corrected chi connectivity index (χ4v) is 10.3. The average molecular weight is 742 g/mol. The third-order valence-electron chi connectivity index (χ3n) is 13.4. The Bertz CT molecular complexity index is 1930. The van der Waals surface area contributed by atoms with Crippen LogP contribution in [0.2, 0.25) is 0 Å². The normalized spacial score (nSPS) is 30.8. The van der Waals surface area contributed by atoms with Gasteiger partial charge in [0.05, 0.1) is 30.1 Å². The molecule has 7 atom stereocenters. The second kappa shape index (κ2) is 13.6. The second-order valence-corrected chi connectivity index (χ2v) is 16.7. The average Bonchev–Trinajstić information content (AvgIpc) is 3.45. The Kier molecular flexibility index (Phi) is 8.64. The van der Waals surface area contributed by atoms with Gasteiger partial charge < -0.3 is 40.1 Å². The van der Waals surface area contributed by atoms with Gasteiger partial charge >= 0.3 is 0 Å². The highest BCUT2D eigenvalue weighted by Gasteiger charge is 2.56. The molecule has 1 aliphatic carbocycles. The Morgan fingerprint density at radius 1 is 0.944 bits per heavy atom. The van der Waals surface area contributed by atoms with Crippen LogP contribution >= 0.6 is 0 Å². The van der Waals surface area contributed by atoms with Gasteiger partial charge in [0.15, 0.2) is 17.4 Å². The number of aromatic hydroxyl groups is 1. The summed E-state index contributed by atoms with van der Waals surface area (Å²) in [7, 11) is 0. The molecule has 0 radical (unpaired) electrons. The molecule has 4 saturated heterocycles. The van der Waals surface area contributed by atoms with Crippen molar-refractivity contribution in [2.45, 2.75) is 50.5 Å². The van der Waals surface area contributed by atoms with Gasteiger partial charge in [-0.15, -0.1) is 10.2 Å². The first-order valence-electron chi connectivity index (χ1n) is 19.8. The largest absolute Gasteiger partial charge is 0.504 e. The van der Waals surface area contributed by atoms with E-state index in [1.165, 1.54) is 0 Å². The summed E-state index contributed by atoms with van der Waals surface area (Å²) in [4.78, 5) is 25.5. The number of hydrogen-bond donors (Lipinski definition) is 3. The van der Waals surface area contributed by atoms with Crippen LogP contribution in [0.3, 0.4) is 0 Å². The van der Waals surface area contributed by atoms with Gasteiger partial charge in [0.2, 0.25) is 0 Å². The Balaban J connectivity index is 0.725. The van der Waals surface area contributed by atoms with Crippen molar-refractivity contribution in [3.05, 3.63) is 59.2 Å². The van der Waals surface area contributed by atoms with E-state index < -0.39 is 17.4 Å². The highest BCUT2D eigenvalue weighted by molar-refractivity contribution is 5.99. The van der Waals surface area contributed by atoms with Crippen LogP contribution in [0.1, 0.15) is 35.7 Å². The van der Waals surface area contributed by atoms with Crippen molar-refractivity contribution in [3.8, 4) is 17.0 Å². The van der Waals surface area contributed by atoms with Crippen molar-refractivity contribution in [2.75, 3.05) is 93.7 Å². The van der Waals surface area contributed by atoms with Crippen molar-refractivity contribution >= 4 is 23.1 Å². The highest BCUT2D eigenvalue weighted by Crippen LogP contribution is 2.52. The molecule has 3 N–H and O–H groups in total. The number of aromatic nitrogens is 2. The SMILES string of the molecule is C[C@H]1CN2c3cc(-c4cc(F)cc(F)c4O)nnc3NC[C@H]2CN1CC1[C@H]2CN(CC3CN(c4ccc5c(c4)C(=O)N(C4CCCNC4)C5)CCO3)C[C@@H]12. The number of nitrogens with one attached hydrogen (secondary N) is 2. The van der Waals surface area contributed by atoms with Gasteiger partial charge in [-0.1, -0.05) is 6.07 Å². The van der Waals surface area contributed by atoms with Gasteiger partial charge in [0.1, 0.15) is 5.82 Å². The van der Waals surface area contributed by atoms with E-state index in [1.54, 1.807) is 6.07 Å². The molecular formula is C40H49F2N9O3. The summed E-state index contributed by atoms with van der Waals surface area (Å²) in [6.07, 6.45) is 2.34. The van der Waals surface area contributed by atoms with E-state index in [0.717, 1.165) is 132 Å². The lowest BCUT2D eigenvalue weighted by Gasteiger charge is -2.49. The number of carbonyl (C=O) groups excluding carboxylic acids is 1. The summed E-state index contributed by atoms with van der Waals surface area (Å²) in [6, 6.07) is 10.9. The number of benzene rings is 2. The number of fused-ring (bicyclic) bond motifs is 5. The van der Waals surface area contributed by atoms with E-state index in [-0.39, 0.29) is 35.4 Å². The van der Waals surface area contributed by atoms with E-state index in [9.17, 15) is 18.7 Å². The number of halogens is 2. The van der Waals surface area contributed by atoms with Crippen molar-refractivity contribution < 1.29 is 23.4 Å². The number of ether oxygens (including phenoxy) is 1. The molecule has 286 valence electrons. The summed E-state index contributed by atoms with van der Waals surface area (Å²) < 4.78 is 34.5. The molecule has 0 spiro atoms. The van der Waals surface area contributed by atoms with E-state index in [0.29, 0.717) is 30.5 Å². The van der Waals surface area contributed by atoms with Gasteiger partial charge in [-0.05, 0) is 73.9 Å². The summed E-state index contributed by atoms with van der Waals surface area (Å²) in [6.45, 7) is 14.1. The standard InChI is InChI=1S/C40H49F2N9O3/c1-23-15-50-28(14-44-39-37(50)12-36(45-46-39)31-9-25(41)10-35(42)38(31)52)17-49(23)22-34-32-20-47(21-33(32)34)18-29-19-48(7-8-54-29)26-5-4-24-16-51(40(53)30(24)11-26)27-3-2-6-43-13-27/h4-5,9-12,23,27-29,32-34,43,52H,2-3,6-8,13-22H2,1H3,(H,44,46)/t23-,27?,28-,29?,32-,33+,34?/m0/s1. The predicted octanol–water partition coefficient (Wildman–Crippen LogP) is 3.22. The molecule has 0 bridgehead atoms. The fourth-order valence-electron chi connectivity index (χ4n) is 10.3. The number of phenolic OH excluding ortho intramolecular Hbond substituents is 1. The molecule has 10 rings (SSSR count). The van der Waals surface area contributed by atoms with Crippen molar-refractivity contribution in [1.82, 2.24) is 30.2 Å². The van der Waals surface area contributed by atoms with Crippen molar-refractivity contribution in [1.29, 1.82) is 0 Å². The van der Waals surface area contributed by atoms with Crippen LogP contribution < -0.4 is 20.4 Å². The smallest absolute Gasteiger partial charge is 0.254 e. The van der Waals surface area contributed by atoms with Gasteiger partial charge in [-0.25, -0.2) is 8.78 Å². The molecule has 2 aromatic carbocycles. The molecule has 5 fully saturated rings. The maximum Gasteiger partial charge on any atom is 0.254 e. The second-order valence-electron chi connectivity index (χ2n) is 16.7. The van der Waals surface area contributed by atoms with Crippen LogP contribution in [0.25, 0.3) is 11.3 Å². The molecule has 1 saturated carbocycles. The summed E-state index contributed by atoms with van der Waals surface area (Å²) in [5.41, 5.74) is 4.23. The van der Waals surface area contributed by atoms with Crippen LogP contribution in [0.5, 0.6) is 5.75 Å². The topological polar surface area (TPSA) is 113 Å². The minimum absolute atomic E-state index is 0.00522. The number of hydrogen-bond acceptors (Lipinski definition) is 11. The number of rotatable bonds is 7. The number of likely N-dealkylation sites (tertiary alicyclic amines) is 1. The zero-order chi connectivity index (χ0) is 36.7. The van der Waals surface area contributed by atoms with Gasteiger partial charge in [-0.3, -0.25) is 9.69 Å². The number of piperidine rings is 2. The molecule has 12 nitrogen and oxygen atoms in total. The molecule has 14 heteroatoms. The maximum absolute atomic E-state index is 14.1. The van der Waals surface area contributed by atoms with Crippen LogP contribution in [0.4, 0.5) is 26.0 Å². The quantitative estimate of drug-likeness (QED) is 0.332. The first kappa shape index (κ1) is 34.4. The van der Waals surface area contributed by atoms with E-state index in [4.69, 9.17) is 4.74 Å². The molecule has 3 unspecified atom stereocenters. The molecule has 3 aromatic rings. The minimum atomic E-state index is -1.02. The predicted molar refractivity (Wildman–Crippen MR) is 201 cm³/mol. The summed E-state index contributed by atoms with van der Waals surface area (Å²) in [5.74, 6) is 0.566. The van der Waals surface area contributed by atoms with Crippen molar-refractivity contribution in [3.63, 3.8) is 0 Å². The van der Waals surface area contributed by atoms with E-state index in [2.05, 4.69) is 70.5 Å². The fraction of sp³-hybridized carbons (Fsp3) is 0.575. The number of anilines is 3. The number of nitrogens with zero attached hydrogens (tertiary/aromatic N) is 7. The number of amides is 1. The number of phenols is 1. The third-order valence-corrected chi connectivity index (χ3v) is 13.4. The monoisotopic (exact) mass is 741 g/mol. The van der Waals surface area contributed by atoms with Gasteiger partial charge in [-0.2, -0.15) is 0 Å². The highest BCUT2D eigenvalue weighted by atomic mass is 19.1. The molecule has 7 heterocycles. The Hall–Kier alpha value is -4.11. The lowest BCUT2D eigenvalue weighted by Crippen LogP contribution is -2.61. The van der Waals surface area contributed by atoms with Gasteiger partial charge in [0, 0.05) is 107 Å². The Labute approximate surface area is 314 Å². The summed E-state index contributed by atoms with van der Waals surface area (Å²) >= 11 is 0. The molecule has 7 aliphatic rings. The Morgan fingerprint density at radius 2 is 1.81 bits per heavy atom. The minimum Gasteiger partial charge on any atom is -0.504 e. The van der Waals surface area contributed by atoms with Gasteiger partial charge in [0.25, 0.3) is 5.91 Å². The Morgan fingerprint density at radius 3 is 2.65 bits per heavy atom. The lowest BCUT2D eigenvalue weighted by atomic mass is 10.0. The van der Waals surface area contributed by atoms with E-state index >= 15 is 0 Å². The number of morpholine rings is 1. The lowest BCUT2D eigenvalue weighted by molar-refractivity contribution is 0.0167. The third kappa shape index (κ3) is 6.15. The molecule has 54 heavy (non-hydrogen) atoms. The first-order valence-corrected chi connectivity index (χ1v) is 19.8. The van der Waals surface area contributed by atoms with E-state index in [1.807, 2.05) is 0 Å². The maximum atomic E-state index is 14.1. The first-order chi connectivity index (χ1) is 26.3. The van der Waals surface area contributed by atoms with Crippen LogP contribution in [-0.4, -0.2) is 139 Å². The van der Waals surface area contributed by atoms with Crippen LogP contribution in [0, 0.1) is 29.4 Å². The summed E-state index contributed by atoms with van der Waals surface area (Å²) in [5, 5.41) is 25.7. The van der Waals surface area contributed by atoms with Crippen molar-refractivity contribution in [2.24, 2.45) is 17.8 Å². The number of carbonyl (C=O) groups is 1. The zero-order valence-corrected chi connectivity index (χ0v) is 30.8. The molecule has 6 aliphatic heterocycles.